The van der Waals surface area contributed by atoms with Crippen LogP contribution in [0.4, 0.5) is 4.39 Å². The lowest BCUT2D eigenvalue weighted by atomic mass is 10.1. The third-order valence-electron chi connectivity index (χ3n) is 3.06. The van der Waals surface area contributed by atoms with Gasteiger partial charge in [-0.2, -0.15) is 9.78 Å². The molecule has 0 saturated carbocycles. The fraction of sp³-hybridized carbons (Fsp3) is 0. The van der Waals surface area contributed by atoms with Crippen LogP contribution in [0, 0.1) is 5.82 Å². The quantitative estimate of drug-likeness (QED) is 0.783. The van der Waals surface area contributed by atoms with E-state index >= 15 is 0 Å². The van der Waals surface area contributed by atoms with Crippen molar-refractivity contribution in [3.63, 3.8) is 0 Å². The van der Waals surface area contributed by atoms with Gasteiger partial charge in [0.2, 0.25) is 0 Å². The first-order valence-electron chi connectivity index (χ1n) is 6.09. The minimum absolute atomic E-state index is 0.174. The summed E-state index contributed by atoms with van der Waals surface area (Å²) in [7, 11) is 0. The van der Waals surface area contributed by atoms with Gasteiger partial charge in [-0.25, -0.2) is 9.18 Å². The predicted octanol–water partition coefficient (Wildman–Crippen LogP) is 2.22. The molecule has 0 aliphatic rings. The van der Waals surface area contributed by atoms with Crippen molar-refractivity contribution in [1.29, 1.82) is 0 Å². The summed E-state index contributed by atoms with van der Waals surface area (Å²) >= 11 is 0. The van der Waals surface area contributed by atoms with Crippen LogP contribution in [0.1, 0.15) is 10.5 Å². The second-order valence-electron chi connectivity index (χ2n) is 4.40. The molecule has 0 unspecified atom stereocenters. The lowest BCUT2D eigenvalue weighted by Crippen LogP contribution is -2.24. The normalized spacial score (nSPS) is 10.7. The zero-order chi connectivity index (χ0) is 15.0. The van der Waals surface area contributed by atoms with Crippen molar-refractivity contribution in [3.8, 4) is 5.69 Å². The van der Waals surface area contributed by atoms with Crippen molar-refractivity contribution >= 4 is 16.7 Å². The Kier molecular flexibility index (Phi) is 2.98. The fourth-order valence-electron chi connectivity index (χ4n) is 2.13. The molecule has 0 fully saturated rings. The molecule has 104 valence electrons. The molecule has 0 radical (unpaired) electrons. The minimum atomic E-state index is -1.25. The van der Waals surface area contributed by atoms with E-state index < -0.39 is 17.3 Å². The van der Waals surface area contributed by atoms with E-state index in [4.69, 9.17) is 0 Å². The zero-order valence-electron chi connectivity index (χ0n) is 10.7. The van der Waals surface area contributed by atoms with E-state index in [0.29, 0.717) is 0 Å². The van der Waals surface area contributed by atoms with E-state index in [-0.39, 0.29) is 22.2 Å². The monoisotopic (exact) mass is 284 g/mol. The molecular formula is C15H9FN2O3. The fourth-order valence-corrected chi connectivity index (χ4v) is 2.13. The van der Waals surface area contributed by atoms with Crippen LogP contribution in [0.3, 0.4) is 0 Å². The summed E-state index contributed by atoms with van der Waals surface area (Å²) in [6.07, 6.45) is 0. The number of nitrogens with zero attached hydrogens (tertiary/aromatic N) is 2. The molecule has 21 heavy (non-hydrogen) atoms. The summed E-state index contributed by atoms with van der Waals surface area (Å²) in [6.45, 7) is 0. The average Bonchev–Trinajstić information content (AvgIpc) is 2.47. The molecule has 3 aromatic rings. The molecule has 0 saturated heterocycles. The van der Waals surface area contributed by atoms with E-state index in [0.717, 1.165) is 10.7 Å². The first kappa shape index (κ1) is 13.0. The molecule has 2 aromatic carbocycles. The highest BCUT2D eigenvalue weighted by Gasteiger charge is 2.16. The number of aromatic carboxylic acids is 1. The van der Waals surface area contributed by atoms with E-state index in [1.54, 1.807) is 12.1 Å². The Morgan fingerprint density at radius 2 is 1.81 bits per heavy atom. The lowest BCUT2D eigenvalue weighted by molar-refractivity contribution is 0.0691. The highest BCUT2D eigenvalue weighted by atomic mass is 19.1. The molecule has 0 aliphatic heterocycles. The van der Waals surface area contributed by atoms with Crippen LogP contribution in [0.15, 0.2) is 53.3 Å². The summed E-state index contributed by atoms with van der Waals surface area (Å²) in [5, 5.41) is 13.6. The predicted molar refractivity (Wildman–Crippen MR) is 74.3 cm³/mol. The number of halogens is 1. The van der Waals surface area contributed by atoms with Crippen molar-refractivity contribution < 1.29 is 14.3 Å². The van der Waals surface area contributed by atoms with Crippen molar-refractivity contribution in [1.82, 2.24) is 9.78 Å². The summed E-state index contributed by atoms with van der Waals surface area (Å²) in [5.74, 6) is -1.79. The van der Waals surface area contributed by atoms with E-state index in [1.165, 1.54) is 30.3 Å². The van der Waals surface area contributed by atoms with Gasteiger partial charge in [0, 0.05) is 5.39 Å². The van der Waals surface area contributed by atoms with Gasteiger partial charge in [0.25, 0.3) is 5.56 Å². The Labute approximate surface area is 117 Å². The van der Waals surface area contributed by atoms with Crippen LogP contribution >= 0.6 is 0 Å². The van der Waals surface area contributed by atoms with Crippen LogP contribution in [0.25, 0.3) is 16.5 Å². The van der Waals surface area contributed by atoms with Gasteiger partial charge >= 0.3 is 5.97 Å². The van der Waals surface area contributed by atoms with Crippen LogP contribution in [0.5, 0.6) is 0 Å². The topological polar surface area (TPSA) is 72.2 Å². The first-order valence-corrected chi connectivity index (χ1v) is 6.09. The summed E-state index contributed by atoms with van der Waals surface area (Å²) in [5.41, 5.74) is -0.580. The average molecular weight is 284 g/mol. The largest absolute Gasteiger partial charge is 0.476 e. The molecule has 0 atom stereocenters. The highest BCUT2D eigenvalue weighted by molar-refractivity contribution is 6.01. The first-order chi connectivity index (χ1) is 10.1. The van der Waals surface area contributed by atoms with Crippen molar-refractivity contribution in [2.75, 3.05) is 0 Å². The smallest absolute Gasteiger partial charge is 0.357 e. The van der Waals surface area contributed by atoms with Gasteiger partial charge in [0.05, 0.1) is 11.1 Å². The van der Waals surface area contributed by atoms with Gasteiger partial charge in [-0.1, -0.05) is 24.3 Å². The second kappa shape index (κ2) is 4.82. The van der Waals surface area contributed by atoms with E-state index in [1.807, 2.05) is 0 Å². The third-order valence-corrected chi connectivity index (χ3v) is 3.06. The molecule has 6 heteroatoms. The SMILES string of the molecule is O=C(O)c1nn(-c2cccc(F)c2)c(=O)c2ccccc12. The molecule has 1 N–H and O–H groups in total. The van der Waals surface area contributed by atoms with Crippen LogP contribution in [0.2, 0.25) is 0 Å². The van der Waals surface area contributed by atoms with Crippen molar-refractivity contribution in [3.05, 3.63) is 70.4 Å². The summed E-state index contributed by atoms with van der Waals surface area (Å²) in [4.78, 5) is 23.7. The molecule has 0 bridgehead atoms. The Bertz CT molecular complexity index is 918. The molecule has 1 aromatic heterocycles. The van der Waals surface area contributed by atoms with Gasteiger partial charge in [-0.05, 0) is 24.3 Å². The molecular weight excluding hydrogens is 275 g/mol. The van der Waals surface area contributed by atoms with Gasteiger partial charge in [-0.3, -0.25) is 4.79 Å². The molecule has 3 rings (SSSR count). The van der Waals surface area contributed by atoms with Gasteiger partial charge in [-0.15, -0.1) is 0 Å². The standard InChI is InChI=1S/C15H9FN2O3/c16-9-4-3-5-10(8-9)18-14(19)12-7-2-1-6-11(12)13(17-18)15(20)21/h1-8H,(H,20,21). The Morgan fingerprint density at radius 3 is 2.48 bits per heavy atom. The Hall–Kier alpha value is -3.02. The maximum absolute atomic E-state index is 13.3. The minimum Gasteiger partial charge on any atom is -0.476 e. The van der Waals surface area contributed by atoms with Gasteiger partial charge < -0.3 is 5.11 Å². The summed E-state index contributed by atoms with van der Waals surface area (Å²) in [6, 6.07) is 11.5. The number of aromatic nitrogens is 2. The maximum Gasteiger partial charge on any atom is 0.357 e. The van der Waals surface area contributed by atoms with Gasteiger partial charge in [0.15, 0.2) is 5.69 Å². The number of benzene rings is 2. The molecule has 0 amide bonds. The molecule has 1 heterocycles. The second-order valence-corrected chi connectivity index (χ2v) is 4.40. The number of carboxylic acids is 1. The van der Waals surface area contributed by atoms with E-state index in [2.05, 4.69) is 5.10 Å². The number of carboxylic acid groups (broad SMARTS) is 1. The van der Waals surface area contributed by atoms with Crippen LogP contribution < -0.4 is 5.56 Å². The van der Waals surface area contributed by atoms with Crippen LogP contribution in [-0.2, 0) is 0 Å². The number of fused-ring (bicyclic) bond motifs is 1. The maximum atomic E-state index is 13.3. The molecule has 0 aliphatic carbocycles. The lowest BCUT2D eigenvalue weighted by Gasteiger charge is -2.08. The third kappa shape index (κ3) is 2.16. The van der Waals surface area contributed by atoms with E-state index in [9.17, 15) is 19.1 Å². The number of rotatable bonds is 2. The molecule has 0 spiro atoms. The Balaban J connectivity index is 2.42. The number of hydrogen-bond acceptors (Lipinski definition) is 3. The van der Waals surface area contributed by atoms with Crippen molar-refractivity contribution in [2.45, 2.75) is 0 Å². The van der Waals surface area contributed by atoms with Crippen molar-refractivity contribution in [2.24, 2.45) is 0 Å². The zero-order valence-corrected chi connectivity index (χ0v) is 10.7. The Morgan fingerprint density at radius 1 is 1.10 bits per heavy atom. The summed E-state index contributed by atoms with van der Waals surface area (Å²) < 4.78 is 14.2. The van der Waals surface area contributed by atoms with Crippen LogP contribution in [-0.4, -0.2) is 20.9 Å². The highest BCUT2D eigenvalue weighted by Crippen LogP contribution is 2.15. The van der Waals surface area contributed by atoms with Gasteiger partial charge in [0.1, 0.15) is 5.82 Å². The number of hydrogen-bond donors (Lipinski definition) is 1. The number of carbonyl (C=O) groups is 1. The molecule has 5 nitrogen and oxygen atoms in total.